The topological polar surface area (TPSA) is 47.1 Å². The van der Waals surface area contributed by atoms with Crippen molar-refractivity contribution in [2.75, 3.05) is 44.2 Å². The van der Waals surface area contributed by atoms with Crippen LogP contribution in [0.3, 0.4) is 0 Å². The van der Waals surface area contributed by atoms with Gasteiger partial charge in [0.25, 0.3) is 11.8 Å². The van der Waals surface area contributed by atoms with Gasteiger partial charge in [-0.15, -0.1) is 0 Å². The van der Waals surface area contributed by atoms with Gasteiger partial charge in [-0.3, -0.25) is 14.5 Å². The maximum atomic E-state index is 13.2. The van der Waals surface area contributed by atoms with E-state index in [4.69, 9.17) is 0 Å². The van der Waals surface area contributed by atoms with Crippen molar-refractivity contribution in [3.63, 3.8) is 0 Å². The van der Waals surface area contributed by atoms with Crippen molar-refractivity contribution in [3.8, 4) is 0 Å². The Labute approximate surface area is 225 Å². The average Bonchev–Trinajstić information content (AvgIpc) is 3.36. The van der Waals surface area contributed by atoms with Gasteiger partial charge in [0.2, 0.25) is 0 Å². The first-order valence-electron chi connectivity index (χ1n) is 13.2. The molecule has 2 fully saturated rings. The van der Waals surface area contributed by atoms with Gasteiger partial charge in [-0.2, -0.15) is 13.2 Å². The van der Waals surface area contributed by atoms with Crippen molar-refractivity contribution in [2.45, 2.75) is 18.3 Å². The number of nitrogens with zero attached hydrogens (tertiary/aromatic N) is 4. The van der Waals surface area contributed by atoms with Crippen molar-refractivity contribution in [3.05, 3.63) is 102 Å². The molecule has 202 valence electrons. The fourth-order valence-electron chi connectivity index (χ4n) is 5.76. The smallest absolute Gasteiger partial charge is 0.340 e. The van der Waals surface area contributed by atoms with Gasteiger partial charge >= 0.3 is 6.18 Å². The van der Waals surface area contributed by atoms with Crippen LogP contribution in [0, 0.1) is 5.92 Å². The van der Waals surface area contributed by atoms with Gasteiger partial charge in [-0.25, -0.2) is 0 Å². The Morgan fingerprint density at radius 3 is 2.28 bits per heavy atom. The Morgan fingerprint density at radius 2 is 1.56 bits per heavy atom. The minimum Gasteiger partial charge on any atom is -0.340 e. The summed E-state index contributed by atoms with van der Waals surface area (Å²) >= 11 is 0. The zero-order chi connectivity index (χ0) is 27.1. The number of anilines is 1. The lowest BCUT2D eigenvalue weighted by molar-refractivity contribution is -0.137. The SMILES string of the molecule is O=C(C1=CC2C=CN(c3cccc(C(F)(F)F)c3)C2C=C1)N1CC(N2CCN(C(=O)c3ccccc3)CC2)C1. The molecule has 0 aromatic heterocycles. The van der Waals surface area contributed by atoms with Gasteiger partial charge in [0.1, 0.15) is 0 Å². The number of rotatable bonds is 4. The maximum absolute atomic E-state index is 13.2. The summed E-state index contributed by atoms with van der Waals surface area (Å²) in [6, 6.07) is 14.7. The van der Waals surface area contributed by atoms with Crippen LogP contribution < -0.4 is 4.90 Å². The number of carbonyl (C=O) groups excluding carboxylic acids is 2. The Bertz CT molecular complexity index is 1340. The number of hydrogen-bond acceptors (Lipinski definition) is 4. The second-order valence-electron chi connectivity index (χ2n) is 10.4. The van der Waals surface area contributed by atoms with E-state index in [-0.39, 0.29) is 29.8 Å². The molecule has 2 atom stereocenters. The van der Waals surface area contributed by atoms with E-state index in [1.807, 2.05) is 63.3 Å². The number of alkyl halides is 3. The minimum atomic E-state index is -4.40. The predicted molar refractivity (Wildman–Crippen MR) is 142 cm³/mol. The van der Waals surface area contributed by atoms with Crippen molar-refractivity contribution in [2.24, 2.45) is 5.92 Å². The molecule has 2 aromatic rings. The molecular formula is C30H29F3N4O2. The Hall–Kier alpha value is -3.85. The van der Waals surface area contributed by atoms with E-state index in [2.05, 4.69) is 4.90 Å². The molecule has 0 spiro atoms. The van der Waals surface area contributed by atoms with E-state index in [9.17, 15) is 22.8 Å². The van der Waals surface area contributed by atoms with E-state index in [0.29, 0.717) is 43.0 Å². The molecule has 0 N–H and O–H groups in total. The van der Waals surface area contributed by atoms with Gasteiger partial charge in [-0.05, 0) is 30.3 Å². The third kappa shape index (κ3) is 4.98. The Balaban J connectivity index is 1.01. The van der Waals surface area contributed by atoms with Gasteiger partial charge in [0.05, 0.1) is 11.6 Å². The molecule has 3 heterocycles. The highest BCUT2D eigenvalue weighted by Gasteiger charge is 2.39. The molecule has 4 aliphatic rings. The van der Waals surface area contributed by atoms with Crippen molar-refractivity contribution < 1.29 is 22.8 Å². The number of hydrogen-bond donors (Lipinski definition) is 0. The predicted octanol–water partition coefficient (Wildman–Crippen LogP) is 4.19. The van der Waals surface area contributed by atoms with Crippen molar-refractivity contribution in [1.82, 2.24) is 14.7 Å². The number of amides is 2. The molecule has 6 rings (SSSR count). The van der Waals surface area contributed by atoms with Crippen LogP contribution >= 0.6 is 0 Å². The van der Waals surface area contributed by atoms with Gasteiger partial charge in [0.15, 0.2) is 0 Å². The van der Waals surface area contributed by atoms with Crippen molar-refractivity contribution >= 4 is 17.5 Å². The molecule has 0 radical (unpaired) electrons. The molecule has 39 heavy (non-hydrogen) atoms. The Morgan fingerprint density at radius 1 is 0.821 bits per heavy atom. The quantitative estimate of drug-likeness (QED) is 0.591. The summed E-state index contributed by atoms with van der Waals surface area (Å²) < 4.78 is 39.5. The molecule has 2 amide bonds. The summed E-state index contributed by atoms with van der Waals surface area (Å²) in [4.78, 5) is 33.8. The first-order valence-corrected chi connectivity index (χ1v) is 13.2. The van der Waals surface area contributed by atoms with Crippen LogP contribution in [0.1, 0.15) is 15.9 Å². The highest BCUT2D eigenvalue weighted by molar-refractivity contribution is 5.97. The molecule has 2 aromatic carbocycles. The van der Waals surface area contributed by atoms with E-state index in [0.717, 1.165) is 25.2 Å². The molecule has 2 saturated heterocycles. The van der Waals surface area contributed by atoms with Crippen LogP contribution in [0.25, 0.3) is 0 Å². The molecule has 3 aliphatic heterocycles. The number of halogens is 3. The molecule has 0 saturated carbocycles. The zero-order valence-corrected chi connectivity index (χ0v) is 21.3. The molecular weight excluding hydrogens is 505 g/mol. The summed E-state index contributed by atoms with van der Waals surface area (Å²) in [6.45, 7) is 4.21. The molecule has 2 unspecified atom stereocenters. The average molecular weight is 535 g/mol. The highest BCUT2D eigenvalue weighted by atomic mass is 19.4. The summed E-state index contributed by atoms with van der Waals surface area (Å²) in [5, 5.41) is 0. The standard InChI is InChI=1S/C30H29F3N4O2/c31-30(32,33)24-7-4-8-25(18-24)37-12-11-22-17-23(9-10-27(22)37)29(39)36-19-26(20-36)34-13-15-35(16-14-34)28(38)21-5-2-1-3-6-21/h1-12,17-18,22,26-27H,13-16,19-20H2. The van der Waals surface area contributed by atoms with E-state index >= 15 is 0 Å². The second kappa shape index (κ2) is 10.0. The zero-order valence-electron chi connectivity index (χ0n) is 21.3. The minimum absolute atomic E-state index is 0.0234. The lowest BCUT2D eigenvalue weighted by Crippen LogP contribution is -2.64. The summed E-state index contributed by atoms with van der Waals surface area (Å²) in [7, 11) is 0. The lowest BCUT2D eigenvalue weighted by Gasteiger charge is -2.48. The normalized spacial score (nSPS) is 23.5. The summed E-state index contributed by atoms with van der Waals surface area (Å²) in [5.74, 6) is -0.0527. The largest absolute Gasteiger partial charge is 0.416 e. The summed E-state index contributed by atoms with van der Waals surface area (Å²) in [5.41, 5.74) is 1.11. The highest BCUT2D eigenvalue weighted by Crippen LogP contribution is 2.37. The summed E-state index contributed by atoms with van der Waals surface area (Å²) in [6.07, 6.45) is 4.93. The number of piperazine rings is 1. The van der Waals surface area contributed by atoms with Crippen LogP contribution in [0.2, 0.25) is 0 Å². The maximum Gasteiger partial charge on any atom is 0.416 e. The second-order valence-corrected chi connectivity index (χ2v) is 10.4. The number of benzene rings is 2. The van der Waals surface area contributed by atoms with Crippen LogP contribution in [-0.2, 0) is 11.0 Å². The fraction of sp³-hybridized carbons (Fsp3) is 0.333. The van der Waals surface area contributed by atoms with Gasteiger partial charge in [-0.1, -0.05) is 48.6 Å². The molecule has 1 aliphatic carbocycles. The Kier molecular flexibility index (Phi) is 6.54. The monoisotopic (exact) mass is 534 g/mol. The lowest BCUT2D eigenvalue weighted by atomic mass is 9.91. The number of fused-ring (bicyclic) bond motifs is 1. The third-order valence-corrected chi connectivity index (χ3v) is 8.04. The van der Waals surface area contributed by atoms with Crippen LogP contribution in [0.4, 0.5) is 18.9 Å². The number of carbonyl (C=O) groups is 2. The van der Waals surface area contributed by atoms with Crippen LogP contribution in [0.15, 0.2) is 90.7 Å². The third-order valence-electron chi connectivity index (χ3n) is 8.04. The van der Waals surface area contributed by atoms with E-state index in [1.165, 1.54) is 6.07 Å². The van der Waals surface area contributed by atoms with Crippen LogP contribution in [-0.4, -0.2) is 77.9 Å². The fourth-order valence-corrected chi connectivity index (χ4v) is 5.76. The molecule has 9 heteroatoms. The van der Waals surface area contributed by atoms with E-state index in [1.54, 1.807) is 18.3 Å². The first-order chi connectivity index (χ1) is 18.8. The molecule has 0 bridgehead atoms. The van der Waals surface area contributed by atoms with Gasteiger partial charge in [0, 0.05) is 74.3 Å². The number of likely N-dealkylation sites (tertiary alicyclic amines) is 1. The first kappa shape index (κ1) is 25.4. The van der Waals surface area contributed by atoms with Crippen LogP contribution in [0.5, 0.6) is 0 Å². The van der Waals surface area contributed by atoms with E-state index < -0.39 is 11.7 Å². The van der Waals surface area contributed by atoms with Gasteiger partial charge < -0.3 is 14.7 Å². The van der Waals surface area contributed by atoms with Crippen molar-refractivity contribution in [1.29, 1.82) is 0 Å². The molecule has 6 nitrogen and oxygen atoms in total.